The van der Waals surface area contributed by atoms with E-state index in [1.54, 1.807) is 0 Å². The van der Waals surface area contributed by atoms with Crippen LogP contribution in [0, 0.1) is 5.92 Å². The number of hydrogen-bond donors (Lipinski definition) is 2. The number of carbonyl (C=O) groups excluding carboxylic acids is 1. The van der Waals surface area contributed by atoms with Crippen LogP contribution in [0.5, 0.6) is 0 Å². The highest BCUT2D eigenvalue weighted by atomic mass is 79.9. The molecule has 3 nitrogen and oxygen atoms in total. The van der Waals surface area contributed by atoms with Crippen LogP contribution in [0.4, 0.5) is 5.69 Å². The van der Waals surface area contributed by atoms with Gasteiger partial charge >= 0.3 is 0 Å². The number of rotatable bonds is 10. The van der Waals surface area contributed by atoms with Gasteiger partial charge in [0.25, 0.3) is 0 Å². The summed E-state index contributed by atoms with van der Waals surface area (Å²) in [6.07, 6.45) is 11.9. The molecule has 2 rings (SSSR count). The van der Waals surface area contributed by atoms with Crippen LogP contribution < -0.4 is 10.6 Å². The molecule has 0 spiro atoms. The van der Waals surface area contributed by atoms with Gasteiger partial charge in [0.15, 0.2) is 0 Å². The van der Waals surface area contributed by atoms with Crippen LogP contribution in [0.3, 0.4) is 0 Å². The summed E-state index contributed by atoms with van der Waals surface area (Å²) in [6, 6.07) is 4.10. The minimum absolute atomic E-state index is 0. The first-order chi connectivity index (χ1) is 12.6. The fraction of sp³-hybridized carbons (Fsp3) is 0.667. The lowest BCUT2D eigenvalue weighted by atomic mass is 9.89. The minimum atomic E-state index is 0. The fourth-order valence-corrected chi connectivity index (χ4v) is 5.04. The van der Waals surface area contributed by atoms with Crippen molar-refractivity contribution in [2.24, 2.45) is 5.92 Å². The highest BCUT2D eigenvalue weighted by Crippen LogP contribution is 2.31. The van der Waals surface area contributed by atoms with Gasteiger partial charge in [0.05, 0.1) is 5.69 Å². The van der Waals surface area contributed by atoms with Gasteiger partial charge < -0.3 is 10.6 Å². The van der Waals surface area contributed by atoms with Crippen molar-refractivity contribution >= 4 is 55.9 Å². The Morgan fingerprint density at radius 1 is 1.11 bits per heavy atom. The number of nitrogens with one attached hydrogen (secondary N) is 2. The van der Waals surface area contributed by atoms with Crippen LogP contribution in [0.25, 0.3) is 0 Å². The lowest BCUT2D eigenvalue weighted by molar-refractivity contribution is -0.116. The van der Waals surface area contributed by atoms with Crippen LogP contribution in [-0.4, -0.2) is 12.5 Å². The van der Waals surface area contributed by atoms with E-state index in [0.717, 1.165) is 52.0 Å². The van der Waals surface area contributed by atoms with Crippen LogP contribution in [0.2, 0.25) is 0 Å². The molecule has 1 aromatic rings. The number of carbonyl (C=O) groups is 1. The van der Waals surface area contributed by atoms with Gasteiger partial charge in [0.1, 0.15) is 0 Å². The van der Waals surface area contributed by atoms with Gasteiger partial charge in [0, 0.05) is 21.9 Å². The van der Waals surface area contributed by atoms with Crippen molar-refractivity contribution in [3.05, 3.63) is 26.6 Å². The second-order valence-electron chi connectivity index (χ2n) is 7.42. The van der Waals surface area contributed by atoms with E-state index in [9.17, 15) is 4.79 Å². The Hall–Kier alpha value is -0.100. The van der Waals surface area contributed by atoms with Crippen molar-refractivity contribution in [2.75, 3.05) is 11.9 Å². The summed E-state index contributed by atoms with van der Waals surface area (Å²) in [5, 5.41) is 6.73. The van der Waals surface area contributed by atoms with Gasteiger partial charge in [-0.25, -0.2) is 0 Å². The number of anilines is 1. The van der Waals surface area contributed by atoms with Crippen LogP contribution in [0.15, 0.2) is 21.1 Å². The van der Waals surface area contributed by atoms with Gasteiger partial charge in [-0.15, -0.1) is 12.4 Å². The van der Waals surface area contributed by atoms with E-state index in [4.69, 9.17) is 0 Å². The Morgan fingerprint density at radius 3 is 2.56 bits per heavy atom. The SMILES string of the molecule is CCCCCCC(=O)Nc1c(Br)cc(Br)cc1CNCC1CCCCC1.Cl. The third kappa shape index (κ3) is 9.29. The zero-order valence-electron chi connectivity index (χ0n) is 16.3. The average Bonchev–Trinajstić information content (AvgIpc) is 2.62. The summed E-state index contributed by atoms with van der Waals surface area (Å²) in [7, 11) is 0. The van der Waals surface area contributed by atoms with Gasteiger partial charge in [-0.2, -0.15) is 0 Å². The summed E-state index contributed by atoms with van der Waals surface area (Å²) >= 11 is 7.19. The molecule has 154 valence electrons. The molecule has 0 atom stereocenters. The number of amides is 1. The van der Waals surface area contributed by atoms with Crippen molar-refractivity contribution in [2.45, 2.75) is 77.7 Å². The molecule has 1 amide bonds. The molecule has 1 aromatic carbocycles. The summed E-state index contributed by atoms with van der Waals surface area (Å²) in [5.74, 6) is 0.911. The van der Waals surface area contributed by atoms with Crippen molar-refractivity contribution in [1.29, 1.82) is 0 Å². The molecule has 0 bridgehead atoms. The lowest BCUT2D eigenvalue weighted by Crippen LogP contribution is -2.25. The third-order valence-corrected chi connectivity index (χ3v) is 6.21. The summed E-state index contributed by atoms with van der Waals surface area (Å²) < 4.78 is 1.96. The Bertz CT molecular complexity index is 578. The van der Waals surface area contributed by atoms with Crippen molar-refractivity contribution in [3.63, 3.8) is 0 Å². The molecule has 2 N–H and O–H groups in total. The maximum atomic E-state index is 12.3. The zero-order chi connectivity index (χ0) is 18.8. The van der Waals surface area contributed by atoms with E-state index in [-0.39, 0.29) is 18.3 Å². The monoisotopic (exact) mass is 522 g/mol. The van der Waals surface area contributed by atoms with Crippen LogP contribution in [-0.2, 0) is 11.3 Å². The molecule has 0 aliphatic heterocycles. The molecular formula is C21H33Br2ClN2O. The topological polar surface area (TPSA) is 41.1 Å². The first-order valence-corrected chi connectivity index (χ1v) is 11.7. The first-order valence-electron chi connectivity index (χ1n) is 10.1. The molecule has 27 heavy (non-hydrogen) atoms. The van der Waals surface area contributed by atoms with E-state index in [2.05, 4.69) is 55.5 Å². The molecule has 0 unspecified atom stereocenters. The normalized spacial score (nSPS) is 14.6. The van der Waals surface area contributed by atoms with E-state index < -0.39 is 0 Å². The summed E-state index contributed by atoms with van der Waals surface area (Å²) in [5.41, 5.74) is 2.04. The molecule has 0 heterocycles. The molecular weight excluding hydrogens is 492 g/mol. The third-order valence-electron chi connectivity index (χ3n) is 5.13. The molecule has 1 aliphatic carbocycles. The highest BCUT2D eigenvalue weighted by Gasteiger charge is 2.15. The largest absolute Gasteiger partial charge is 0.325 e. The van der Waals surface area contributed by atoms with E-state index >= 15 is 0 Å². The van der Waals surface area contributed by atoms with Gasteiger partial charge in [-0.1, -0.05) is 61.4 Å². The average molecular weight is 525 g/mol. The Kier molecular flexibility index (Phi) is 12.9. The minimum Gasteiger partial charge on any atom is -0.325 e. The molecule has 1 fully saturated rings. The molecule has 0 aromatic heterocycles. The van der Waals surface area contributed by atoms with Crippen LogP contribution >= 0.6 is 44.3 Å². The fourth-order valence-electron chi connectivity index (χ4n) is 3.62. The van der Waals surface area contributed by atoms with E-state index in [0.29, 0.717) is 6.42 Å². The molecule has 1 aliphatic rings. The first kappa shape index (κ1) is 24.9. The molecule has 6 heteroatoms. The number of hydrogen-bond acceptors (Lipinski definition) is 2. The quantitative estimate of drug-likeness (QED) is 0.318. The predicted octanol–water partition coefficient (Wildman–Crippen LogP) is 7.21. The summed E-state index contributed by atoms with van der Waals surface area (Å²) in [4.78, 5) is 12.3. The summed E-state index contributed by atoms with van der Waals surface area (Å²) in [6.45, 7) is 4.03. The van der Waals surface area contributed by atoms with E-state index in [1.165, 1.54) is 44.9 Å². The number of unbranched alkanes of at least 4 members (excludes halogenated alkanes) is 3. The number of halogens is 3. The highest BCUT2D eigenvalue weighted by molar-refractivity contribution is 9.11. The lowest BCUT2D eigenvalue weighted by Gasteiger charge is -2.22. The zero-order valence-corrected chi connectivity index (χ0v) is 20.3. The van der Waals surface area contributed by atoms with Crippen LogP contribution in [0.1, 0.15) is 76.7 Å². The Labute approximate surface area is 187 Å². The Balaban J connectivity index is 0.00000364. The second kappa shape index (κ2) is 14.0. The maximum absolute atomic E-state index is 12.3. The van der Waals surface area contributed by atoms with Gasteiger partial charge in [-0.05, 0) is 65.4 Å². The van der Waals surface area contributed by atoms with Gasteiger partial charge in [0.2, 0.25) is 5.91 Å². The Morgan fingerprint density at radius 2 is 1.85 bits per heavy atom. The number of benzene rings is 1. The van der Waals surface area contributed by atoms with Crippen molar-refractivity contribution in [1.82, 2.24) is 5.32 Å². The molecule has 1 saturated carbocycles. The van der Waals surface area contributed by atoms with Crippen molar-refractivity contribution in [3.8, 4) is 0 Å². The predicted molar refractivity (Wildman–Crippen MR) is 125 cm³/mol. The maximum Gasteiger partial charge on any atom is 0.224 e. The molecule has 0 saturated heterocycles. The van der Waals surface area contributed by atoms with Gasteiger partial charge in [-0.3, -0.25) is 4.79 Å². The van der Waals surface area contributed by atoms with E-state index in [1.807, 2.05) is 6.07 Å². The second-order valence-corrected chi connectivity index (χ2v) is 9.19. The smallest absolute Gasteiger partial charge is 0.224 e. The standard InChI is InChI=1S/C21H32Br2N2O.ClH/c1-2-3-4-8-11-20(26)25-21-17(12-18(22)13-19(21)23)15-24-14-16-9-6-5-7-10-16;/h12-13,16,24H,2-11,14-15H2,1H3,(H,25,26);1H. The molecule has 0 radical (unpaired) electrons. The van der Waals surface area contributed by atoms with Crippen molar-refractivity contribution < 1.29 is 4.79 Å².